The molecular weight excluding hydrogens is 352 g/mol. The molecule has 5 heteroatoms. The molecule has 4 nitrogen and oxygen atoms in total. The molecule has 0 aliphatic heterocycles. The average Bonchev–Trinajstić information content (AvgIpc) is 2.69. The van der Waals surface area contributed by atoms with Gasteiger partial charge in [-0.15, -0.1) is 11.6 Å². The fourth-order valence-corrected chi connectivity index (χ4v) is 1.95. The first-order chi connectivity index (χ1) is 12.5. The van der Waals surface area contributed by atoms with Crippen LogP contribution in [0.15, 0.2) is 60.7 Å². The molecule has 0 spiro atoms. The Labute approximate surface area is 160 Å². The lowest BCUT2D eigenvalue weighted by molar-refractivity contribution is 0.0877. The summed E-state index contributed by atoms with van der Waals surface area (Å²) in [7, 11) is 0. The second kappa shape index (κ2) is 15.3. The number of benzene rings is 2. The van der Waals surface area contributed by atoms with Crippen LogP contribution in [0.3, 0.4) is 0 Å². The van der Waals surface area contributed by atoms with E-state index in [1.165, 1.54) is 0 Å². The molecule has 0 aliphatic carbocycles. The molecule has 0 radical (unpaired) electrons. The van der Waals surface area contributed by atoms with Crippen molar-refractivity contribution in [1.29, 1.82) is 0 Å². The predicted octanol–water partition coefficient (Wildman–Crippen LogP) is 4.14. The Hall–Kier alpha value is -2.01. The van der Waals surface area contributed by atoms with E-state index in [1.54, 1.807) is 19.1 Å². The number of hydrogen-bond donors (Lipinski definition) is 2. The van der Waals surface area contributed by atoms with E-state index in [0.29, 0.717) is 12.0 Å². The molecule has 142 valence electrons. The molecule has 2 aromatic rings. The van der Waals surface area contributed by atoms with Gasteiger partial charge in [0.2, 0.25) is 0 Å². The first kappa shape index (κ1) is 24.0. The van der Waals surface area contributed by atoms with E-state index < -0.39 is 6.10 Å². The van der Waals surface area contributed by atoms with Gasteiger partial charge in [0.15, 0.2) is 11.6 Å². The summed E-state index contributed by atoms with van der Waals surface area (Å²) in [5, 5.41) is 16.8. The van der Waals surface area contributed by atoms with Crippen LogP contribution in [0.5, 0.6) is 0 Å². The Kier molecular flexibility index (Phi) is 14.1. The zero-order chi connectivity index (χ0) is 19.8. The molecule has 0 fully saturated rings. The first-order valence-electron chi connectivity index (χ1n) is 8.45. The summed E-state index contributed by atoms with van der Waals surface area (Å²) < 4.78 is 0. The van der Waals surface area contributed by atoms with Crippen molar-refractivity contribution in [3.8, 4) is 0 Å². The lowest BCUT2D eigenvalue weighted by atomic mass is 10.2. The minimum absolute atomic E-state index is 0.0257. The van der Waals surface area contributed by atoms with Crippen LogP contribution in [0.2, 0.25) is 0 Å². The molecule has 0 saturated heterocycles. The molecule has 26 heavy (non-hydrogen) atoms. The summed E-state index contributed by atoms with van der Waals surface area (Å²) >= 11 is 5.34. The Morgan fingerprint density at radius 3 is 1.69 bits per heavy atom. The number of halogens is 1. The quantitative estimate of drug-likeness (QED) is 0.585. The summed E-state index contributed by atoms with van der Waals surface area (Å²) in [4.78, 5) is 21.5. The van der Waals surface area contributed by atoms with Crippen molar-refractivity contribution in [3.63, 3.8) is 0 Å². The number of rotatable bonds is 6. The fraction of sp³-hybridized carbons (Fsp3) is 0.333. The van der Waals surface area contributed by atoms with Crippen LogP contribution in [-0.4, -0.2) is 40.4 Å². The van der Waals surface area contributed by atoms with Gasteiger partial charge in [-0.25, -0.2) is 0 Å². The zero-order valence-corrected chi connectivity index (χ0v) is 16.0. The number of Topliss-reactive ketones (excluding diaryl/α,β-unsaturated/α-hetero) is 2. The van der Waals surface area contributed by atoms with Gasteiger partial charge in [0.05, 0.1) is 18.6 Å². The van der Waals surface area contributed by atoms with Crippen molar-refractivity contribution in [3.05, 3.63) is 71.8 Å². The molecule has 1 atom stereocenters. The average molecular weight is 379 g/mol. The normalized spacial score (nSPS) is 10.5. The number of ketones is 2. The molecule has 2 rings (SSSR count). The van der Waals surface area contributed by atoms with Gasteiger partial charge < -0.3 is 10.2 Å². The van der Waals surface area contributed by atoms with Gasteiger partial charge in [-0.1, -0.05) is 74.0 Å². The van der Waals surface area contributed by atoms with Gasteiger partial charge in [-0.2, -0.15) is 0 Å². The van der Waals surface area contributed by atoms with Crippen molar-refractivity contribution < 1.29 is 19.8 Å². The molecule has 2 aromatic carbocycles. The zero-order valence-electron chi connectivity index (χ0n) is 15.3. The highest BCUT2D eigenvalue weighted by atomic mass is 35.5. The minimum atomic E-state index is -0.495. The third kappa shape index (κ3) is 11.5. The van der Waals surface area contributed by atoms with Gasteiger partial charge in [0.25, 0.3) is 0 Å². The Balaban J connectivity index is 0.000000368. The van der Waals surface area contributed by atoms with Crippen molar-refractivity contribution in [2.24, 2.45) is 0 Å². The largest absolute Gasteiger partial charge is 0.394 e. The van der Waals surface area contributed by atoms with E-state index in [9.17, 15) is 9.59 Å². The highest BCUT2D eigenvalue weighted by Crippen LogP contribution is 2.00. The third-order valence-electron chi connectivity index (χ3n) is 3.23. The Bertz CT molecular complexity index is 614. The topological polar surface area (TPSA) is 74.6 Å². The van der Waals surface area contributed by atoms with Crippen LogP contribution in [0, 0.1) is 0 Å². The van der Waals surface area contributed by atoms with Crippen molar-refractivity contribution in [1.82, 2.24) is 0 Å². The number of carbonyl (C=O) groups excluding carboxylic acids is 2. The summed E-state index contributed by atoms with van der Waals surface area (Å²) in [6.07, 6.45) is 1.14. The summed E-state index contributed by atoms with van der Waals surface area (Å²) in [6, 6.07) is 18.2. The van der Waals surface area contributed by atoms with Gasteiger partial charge in [-0.3, -0.25) is 9.59 Å². The maximum atomic E-state index is 10.9. The van der Waals surface area contributed by atoms with Gasteiger partial charge >= 0.3 is 0 Å². The van der Waals surface area contributed by atoms with Crippen LogP contribution in [0.1, 0.15) is 47.4 Å². The number of hydrogen-bond acceptors (Lipinski definition) is 4. The molecule has 0 amide bonds. The fourth-order valence-electron chi connectivity index (χ4n) is 1.80. The maximum Gasteiger partial charge on any atom is 0.177 e. The van der Waals surface area contributed by atoms with Gasteiger partial charge in [0.1, 0.15) is 0 Å². The summed E-state index contributed by atoms with van der Waals surface area (Å²) in [5.74, 6) is 0.155. The van der Waals surface area contributed by atoms with Crippen molar-refractivity contribution in [2.45, 2.75) is 32.8 Å². The van der Waals surface area contributed by atoms with E-state index in [1.807, 2.05) is 55.5 Å². The van der Waals surface area contributed by atoms with Crippen molar-refractivity contribution >= 4 is 23.2 Å². The monoisotopic (exact) mass is 378 g/mol. The molecule has 2 N–H and O–H groups in total. The van der Waals surface area contributed by atoms with Crippen LogP contribution < -0.4 is 0 Å². The molecule has 0 bridgehead atoms. The molecule has 1 unspecified atom stereocenters. The number of alkyl halides is 1. The number of aliphatic hydroxyl groups is 2. The SMILES string of the molecule is CC(=O)c1ccccc1.CCCC(O)CO.O=C(CCl)c1ccccc1. The molecular formula is C21H27ClO4. The third-order valence-corrected chi connectivity index (χ3v) is 3.47. The van der Waals surface area contributed by atoms with E-state index in [2.05, 4.69) is 0 Å². The van der Waals surface area contributed by atoms with Gasteiger partial charge in [-0.05, 0) is 13.3 Å². The number of aliphatic hydroxyl groups excluding tert-OH is 2. The molecule has 0 aliphatic rings. The Morgan fingerprint density at radius 1 is 0.962 bits per heavy atom. The van der Waals surface area contributed by atoms with Crippen molar-refractivity contribution in [2.75, 3.05) is 12.5 Å². The van der Waals surface area contributed by atoms with E-state index >= 15 is 0 Å². The van der Waals surface area contributed by atoms with E-state index in [0.717, 1.165) is 12.0 Å². The lowest BCUT2D eigenvalue weighted by Crippen LogP contribution is -2.10. The highest BCUT2D eigenvalue weighted by molar-refractivity contribution is 6.30. The predicted molar refractivity (Wildman–Crippen MR) is 106 cm³/mol. The van der Waals surface area contributed by atoms with Crippen LogP contribution in [0.4, 0.5) is 0 Å². The van der Waals surface area contributed by atoms with Crippen LogP contribution >= 0.6 is 11.6 Å². The Morgan fingerprint density at radius 2 is 1.42 bits per heavy atom. The summed E-state index contributed by atoms with van der Waals surface area (Å²) in [5.41, 5.74) is 1.45. The van der Waals surface area contributed by atoms with E-state index in [4.69, 9.17) is 21.8 Å². The highest BCUT2D eigenvalue weighted by Gasteiger charge is 2.00. The molecule has 0 saturated carbocycles. The van der Waals surface area contributed by atoms with Crippen LogP contribution in [-0.2, 0) is 0 Å². The molecule has 0 aromatic heterocycles. The van der Waals surface area contributed by atoms with E-state index in [-0.39, 0.29) is 24.1 Å². The smallest absolute Gasteiger partial charge is 0.177 e. The lowest BCUT2D eigenvalue weighted by Gasteiger charge is -2.01. The second-order valence-electron chi connectivity index (χ2n) is 5.47. The summed E-state index contributed by atoms with van der Waals surface area (Å²) in [6.45, 7) is 3.43. The standard InChI is InChI=1S/C8H7ClO.C8H8O.C5H12O2/c9-6-8(10)7-4-2-1-3-5-7;1-7(9)8-5-3-2-4-6-8;1-2-3-5(7)4-6/h1-5H,6H2;2-6H,1H3;5-7H,2-4H2,1H3. The first-order valence-corrected chi connectivity index (χ1v) is 8.98. The van der Waals surface area contributed by atoms with Gasteiger partial charge in [0, 0.05) is 11.1 Å². The second-order valence-corrected chi connectivity index (χ2v) is 5.74. The number of carbonyl (C=O) groups is 2. The minimum Gasteiger partial charge on any atom is -0.394 e. The van der Waals surface area contributed by atoms with Crippen LogP contribution in [0.25, 0.3) is 0 Å². The maximum absolute atomic E-state index is 10.9. The molecule has 0 heterocycles.